The van der Waals surface area contributed by atoms with Gasteiger partial charge in [-0.1, -0.05) is 108 Å². The fourth-order valence-electron chi connectivity index (χ4n) is 10.3. The number of aliphatic hydroxyl groups is 9. The van der Waals surface area contributed by atoms with Gasteiger partial charge in [-0.05, 0) is 111 Å². The smallest absolute Gasteiger partial charge is 0.191 e. The van der Waals surface area contributed by atoms with Crippen molar-refractivity contribution in [1.82, 2.24) is 74.9 Å². The van der Waals surface area contributed by atoms with E-state index in [1.165, 1.54) is 64.1 Å². The van der Waals surface area contributed by atoms with Crippen LogP contribution in [0.3, 0.4) is 0 Å². The number of rotatable bonds is 30. The monoisotopic (exact) mass is 1590 g/mol. The Morgan fingerprint density at radius 3 is 1.14 bits per heavy atom. The van der Waals surface area contributed by atoms with Crippen LogP contribution >= 0.6 is 35.3 Å². The number of nitrogens with one attached hydrogen (secondary N) is 3. The fraction of sp³-hybridized carbons (Fsp3) is 0.583. The number of thioether (sulfide) groups is 3. The Bertz CT molecular complexity index is 6750. The van der Waals surface area contributed by atoms with Gasteiger partial charge in [-0.25, -0.2) is 57.1 Å². The van der Waals surface area contributed by atoms with Gasteiger partial charge in [0.2, 0.25) is 0 Å². The highest BCUT2D eigenvalue weighted by molar-refractivity contribution is 7.99. The van der Waals surface area contributed by atoms with Crippen LogP contribution in [0.5, 0.6) is 0 Å². The first-order valence-electron chi connectivity index (χ1n) is 51.9. The standard InChI is InChI=1S/3C24H31FN6O4S/c3*1-3-8-36-24-27-22(26-16-10-14(16)13-5-4-12(2)15(25)9-13)19-23(28-24)31(30-29-19)17-11-18(35-7-6-32)21(34)20(17)33/h3*4-5,9,14,16-18,20-21,32-34H,3,6-8,10-11H2,1-2H3,(H,26,27,28)/t3*14-,16+,17+,18-,20-,21+/m000/s1/i6D2,7D2,8D2,11D2,14D,16D,17D,18D,20D,21D;3D2,6D2,8D2,11D2,14D,16D,17D,18D,20D,21D;3D2,8D2,11D2,14D,16D,17D,18D,20D,21D. The lowest BCUT2D eigenvalue weighted by molar-refractivity contribution is -0.0629. The summed E-state index contributed by atoms with van der Waals surface area (Å²) in [7, 11) is 0. The number of aryl methyl sites for hydroxylation is 3. The van der Waals surface area contributed by atoms with Gasteiger partial charge < -0.3 is 76.1 Å². The summed E-state index contributed by atoms with van der Waals surface area (Å²) in [5.41, 5.74) is -10.4. The molecule has 3 aromatic carbocycles. The molecule has 0 radical (unpaired) electrons. The van der Waals surface area contributed by atoms with Crippen LogP contribution in [0.2, 0.25) is 0 Å². The van der Waals surface area contributed by atoms with Crippen molar-refractivity contribution in [1.29, 1.82) is 0 Å². The molecule has 6 fully saturated rings. The predicted octanol–water partition coefficient (Wildman–Crippen LogP) is 6.55. The van der Waals surface area contributed by atoms with Crippen LogP contribution in [-0.2, 0) is 14.2 Å². The van der Waals surface area contributed by atoms with E-state index < -0.39 is 281 Å². The van der Waals surface area contributed by atoms with E-state index in [-0.39, 0.29) is 85.5 Å². The molecule has 0 aliphatic heterocycles. The molecule has 0 bridgehead atoms. The molecule has 9 aromatic rings. The number of aliphatic hydroxyl groups excluding tert-OH is 1. The predicted molar refractivity (Wildman–Crippen MR) is 398 cm³/mol. The number of hydrogen-bond donors (Lipinski definition) is 12. The second-order valence-corrected chi connectivity index (χ2v) is 25.5. The minimum absolute atomic E-state index is 0.0445. The number of ether oxygens (including phenoxy) is 3. The van der Waals surface area contributed by atoms with E-state index in [4.69, 9.17) is 64.3 Å². The van der Waals surface area contributed by atoms with Gasteiger partial charge in [-0.15, -0.1) is 15.3 Å². The number of aromatic nitrogens is 15. The van der Waals surface area contributed by atoms with Gasteiger partial charge in [0.05, 0.1) is 105 Å². The summed E-state index contributed by atoms with van der Waals surface area (Å²) >= 11 is 0.598. The first-order chi connectivity index (χ1) is 66.4. The summed E-state index contributed by atoms with van der Waals surface area (Å²) in [6.45, 7) is -6.79. The average Bonchev–Trinajstić information content (AvgIpc) is 1.48. The SMILES string of the molecule is [2H]C([2H])(C)C([2H])([2H])Sc1nc(N[C@]2([2H])C[C@@]2([2H])c2ccc(C)c(F)c2)c2nnn([C@]3([2H])C([2H])([2H])[C@]([2H])(OCCO)[C@@]([2H])(O)[C@@]3([2H])O)c2n1.[2H]C([2H])(CC)Sc1nc(N[C@]2([2H])C[C@@]2([2H])c2ccc(C)c(F)c2)c2nnn([C@]3([2H])C([2H])([2H])[C@]([2H])(OC([2H])([2H])C([2H])([2H])O)[C@@]([2H])(O)[C@@]3([2H])O)c2n1.[2H]C([2H])(O)CO[C@@]1([2H])C([2H])([2H])[C@@]([2H])(n2nnc3c(N[C@]4([2H])C[C@@]4([2H])c4ccc(C)c(F)c4)nc(SC([2H])([2H])C([2H])([2H])C)nc32)[C@]([2H])(O)[C@]1([2H])O. The van der Waals surface area contributed by atoms with E-state index in [0.29, 0.717) is 22.9 Å². The Labute approximate surface area is 689 Å². The molecule has 6 aromatic heterocycles. The third kappa shape index (κ3) is 17.5. The van der Waals surface area contributed by atoms with Crippen LogP contribution in [0.25, 0.3) is 33.5 Å². The van der Waals surface area contributed by atoms with Gasteiger partial charge in [-0.2, -0.15) is 0 Å². The summed E-state index contributed by atoms with van der Waals surface area (Å²) in [5.74, 6) is -8.68. The van der Waals surface area contributed by atoms with Crippen LogP contribution < -0.4 is 16.0 Å². The normalized spacial score (nSPS) is 47.8. The molecule has 6 aliphatic carbocycles. The molecule has 0 saturated heterocycles. The van der Waals surface area contributed by atoms with Crippen molar-refractivity contribution in [3.05, 3.63) is 105 Å². The van der Waals surface area contributed by atoms with Crippen molar-refractivity contribution in [2.75, 3.05) is 72.6 Å². The molecular weight excluding hydrogens is 1460 g/mol. The van der Waals surface area contributed by atoms with E-state index in [1.807, 2.05) is 0 Å². The zero-order chi connectivity index (χ0) is 113. The molecule has 0 unspecified atom stereocenters. The molecule has 0 spiro atoms. The highest BCUT2D eigenvalue weighted by Crippen LogP contribution is 2.48. The van der Waals surface area contributed by atoms with E-state index in [2.05, 4.69) is 81.5 Å². The molecule has 6 heterocycles. The number of benzene rings is 3. The van der Waals surface area contributed by atoms with Gasteiger partial charge in [0.1, 0.15) is 53.9 Å². The lowest BCUT2D eigenvalue weighted by Crippen LogP contribution is -2.33. The van der Waals surface area contributed by atoms with E-state index >= 15 is 0 Å². The quantitative estimate of drug-likeness (QED) is 0.0168. The molecule has 6 aliphatic rings. The van der Waals surface area contributed by atoms with E-state index in [0.717, 1.165) is 32.0 Å². The minimum atomic E-state index is -4.36. The zero-order valence-electron chi connectivity index (χ0n) is 97.0. The van der Waals surface area contributed by atoms with Gasteiger partial charge in [0.25, 0.3) is 0 Å². The molecule has 18 atom stereocenters. The number of hydrogen-bond acceptors (Lipinski definition) is 30. The first-order valence-corrected chi connectivity index (χ1v) is 34.4. The summed E-state index contributed by atoms with van der Waals surface area (Å²) in [4.78, 5) is 24.6. The number of nitrogens with zero attached hydrogens (tertiary/aromatic N) is 15. The first kappa shape index (κ1) is 43.0. The molecule has 30 nitrogen and oxygen atoms in total. The van der Waals surface area contributed by atoms with Crippen molar-refractivity contribution in [3.8, 4) is 0 Å². The molecule has 0 amide bonds. The van der Waals surface area contributed by atoms with Gasteiger partial charge in [0.15, 0.2) is 66.4 Å². The van der Waals surface area contributed by atoms with Crippen molar-refractivity contribution in [3.63, 3.8) is 0 Å². The van der Waals surface area contributed by atoms with Crippen molar-refractivity contribution in [2.45, 2.75) is 223 Å². The molecule has 36 heteroatoms. The number of anilines is 3. The van der Waals surface area contributed by atoms with Crippen LogP contribution in [0.4, 0.5) is 30.6 Å². The summed E-state index contributed by atoms with van der Waals surface area (Å²) in [6, 6.07) is -5.53. The van der Waals surface area contributed by atoms with Gasteiger partial charge >= 0.3 is 0 Å². The van der Waals surface area contributed by atoms with Gasteiger partial charge in [0, 0.05) is 98.0 Å². The summed E-state index contributed by atoms with van der Waals surface area (Å²) in [5, 5.41) is 123. The maximum Gasteiger partial charge on any atom is 0.191 e. The van der Waals surface area contributed by atoms with Crippen LogP contribution in [0.15, 0.2) is 70.1 Å². The Morgan fingerprint density at radius 2 is 0.824 bits per heavy atom. The average molecular weight is 1600 g/mol. The van der Waals surface area contributed by atoms with E-state index in [9.17, 15) is 59.1 Å². The van der Waals surface area contributed by atoms with Gasteiger partial charge in [-0.3, -0.25) is 0 Å². The summed E-state index contributed by atoms with van der Waals surface area (Å²) in [6.07, 6.45) is -54.4. The number of fused-ring (bicyclic) bond motifs is 3. The van der Waals surface area contributed by atoms with Crippen molar-refractivity contribution in [2.24, 2.45) is 0 Å². The highest BCUT2D eigenvalue weighted by Gasteiger charge is 2.49. The molecule has 108 heavy (non-hydrogen) atoms. The van der Waals surface area contributed by atoms with Crippen LogP contribution in [0, 0.1) is 38.2 Å². The Kier molecular flexibility index (Phi) is 14.0. The molecule has 6 saturated carbocycles. The molecular formula is C72H93F3N18O12S3. The van der Waals surface area contributed by atoms with Crippen LogP contribution in [0.1, 0.15) is 202 Å². The molecule has 582 valence electrons. The minimum Gasteiger partial charge on any atom is -0.394 e. The Hall–Kier alpha value is -7.14. The lowest BCUT2D eigenvalue weighted by Gasteiger charge is -2.17. The fourth-order valence-corrected chi connectivity index (χ4v) is 11.8. The number of halogens is 3. The molecule has 15 rings (SSSR count). The van der Waals surface area contributed by atoms with Crippen molar-refractivity contribution < 1.29 is 128 Å². The lowest BCUT2D eigenvalue weighted by atomic mass is 10.1. The molecule has 12 N–H and O–H groups in total. The maximum absolute atomic E-state index is 14.4. The maximum atomic E-state index is 14.4. The van der Waals surface area contributed by atoms with Crippen molar-refractivity contribution >= 4 is 86.2 Å². The Morgan fingerprint density at radius 1 is 0.481 bits per heavy atom. The third-order valence-electron chi connectivity index (χ3n) is 15.9. The second-order valence-electron chi connectivity index (χ2n) is 23.1. The van der Waals surface area contributed by atoms with Crippen LogP contribution in [-0.4, -0.2) is 250 Å². The highest BCUT2D eigenvalue weighted by atomic mass is 32.2. The third-order valence-corrected chi connectivity index (χ3v) is 18.1. The van der Waals surface area contributed by atoms with E-state index in [1.54, 1.807) is 0 Å². The topological polar surface area (TPSA) is 415 Å². The Balaban J connectivity index is 0.000000185. The largest absolute Gasteiger partial charge is 0.394 e. The summed E-state index contributed by atoms with van der Waals surface area (Å²) < 4.78 is 392. The second kappa shape index (κ2) is 35.1. The zero-order valence-corrected chi connectivity index (χ0v) is 59.4.